The first-order valence-corrected chi connectivity index (χ1v) is 12.5. The number of amides is 1. The van der Waals surface area contributed by atoms with Gasteiger partial charge in [0.1, 0.15) is 6.61 Å². The van der Waals surface area contributed by atoms with Crippen LogP contribution in [0.5, 0.6) is 0 Å². The van der Waals surface area contributed by atoms with E-state index in [0.29, 0.717) is 0 Å². The molecule has 0 unspecified atom stereocenters. The first-order valence-electron chi connectivity index (χ1n) is 12.5. The minimum absolute atomic E-state index is 0.0717. The molecule has 1 amide bonds. The smallest absolute Gasteiger partial charge is 0.302 e. The van der Waals surface area contributed by atoms with Crippen molar-refractivity contribution in [1.29, 1.82) is 0 Å². The normalized spacial score (nSPS) is 10.8. The van der Waals surface area contributed by atoms with Crippen LogP contribution in [0.15, 0.2) is 24.3 Å². The molecule has 1 rings (SSSR count). The Morgan fingerprint density at radius 3 is 1.58 bits per heavy atom. The zero-order valence-corrected chi connectivity index (χ0v) is 20.3. The van der Waals surface area contributed by atoms with Crippen LogP contribution in [0.25, 0.3) is 0 Å². The average Bonchev–Trinajstić information content (AvgIpc) is 2.75. The Labute approximate surface area is 190 Å². The minimum atomic E-state index is -0.285. The highest BCUT2D eigenvalue weighted by atomic mass is 16.5. The summed E-state index contributed by atoms with van der Waals surface area (Å²) in [7, 11) is 0. The summed E-state index contributed by atoms with van der Waals surface area (Å²) in [5, 5.41) is 0. The maximum atomic E-state index is 12.1. The van der Waals surface area contributed by atoms with Crippen LogP contribution in [0.4, 0.5) is 5.69 Å². The molecule has 1 aromatic rings. The van der Waals surface area contributed by atoms with Gasteiger partial charge in [-0.05, 0) is 24.1 Å². The number of carbonyl (C=O) groups is 2. The summed E-state index contributed by atoms with van der Waals surface area (Å²) >= 11 is 0. The second kappa shape index (κ2) is 17.8. The number of nitrogens with zero attached hydrogens (tertiary/aromatic N) is 1. The molecule has 0 spiro atoms. The molecular weight excluding hydrogens is 386 g/mol. The van der Waals surface area contributed by atoms with Gasteiger partial charge in [-0.3, -0.25) is 9.59 Å². The molecule has 0 aliphatic heterocycles. The maximum absolute atomic E-state index is 12.1. The highest BCUT2D eigenvalue weighted by Crippen LogP contribution is 2.18. The van der Waals surface area contributed by atoms with Crippen molar-refractivity contribution in [2.24, 2.45) is 0 Å². The Bertz CT molecular complexity index is 597. The molecular formula is C27H45NO3. The van der Waals surface area contributed by atoms with Gasteiger partial charge in [0.2, 0.25) is 5.91 Å². The lowest BCUT2D eigenvalue weighted by atomic mass is 10.0. The largest absolute Gasteiger partial charge is 0.461 e. The lowest BCUT2D eigenvalue weighted by molar-refractivity contribution is -0.142. The second-order valence-corrected chi connectivity index (χ2v) is 8.71. The lowest BCUT2D eigenvalue weighted by Crippen LogP contribution is -2.29. The topological polar surface area (TPSA) is 46.6 Å². The van der Waals surface area contributed by atoms with Gasteiger partial charge in [-0.1, -0.05) is 103 Å². The third-order valence-corrected chi connectivity index (χ3v) is 5.81. The molecule has 4 nitrogen and oxygen atoms in total. The Kier molecular flexibility index (Phi) is 15.6. The molecule has 176 valence electrons. The van der Waals surface area contributed by atoms with Crippen molar-refractivity contribution in [1.82, 2.24) is 0 Å². The molecule has 0 saturated heterocycles. The predicted molar refractivity (Wildman–Crippen MR) is 130 cm³/mol. The third-order valence-electron chi connectivity index (χ3n) is 5.81. The van der Waals surface area contributed by atoms with Crippen LogP contribution in [0, 0.1) is 0 Å². The van der Waals surface area contributed by atoms with E-state index in [4.69, 9.17) is 4.74 Å². The number of benzene rings is 1. The van der Waals surface area contributed by atoms with Gasteiger partial charge < -0.3 is 9.64 Å². The fraction of sp³-hybridized carbons (Fsp3) is 0.704. The van der Waals surface area contributed by atoms with Crippen molar-refractivity contribution in [2.45, 2.75) is 117 Å². The Balaban J connectivity index is 2.11. The molecule has 0 aromatic heterocycles. The van der Waals surface area contributed by atoms with E-state index in [-0.39, 0.29) is 18.5 Å². The highest BCUT2D eigenvalue weighted by Gasteiger charge is 2.11. The van der Waals surface area contributed by atoms with E-state index >= 15 is 0 Å². The standard InChI is InChI=1S/C27H45NO3/c1-4-5-6-7-8-9-10-11-12-13-14-15-16-17-22-28(24(2)29)27-20-18-26(19-21-27)23-31-25(3)30/h18-21H,4-17,22-23H2,1-3H3. The van der Waals surface area contributed by atoms with Crippen molar-refractivity contribution < 1.29 is 14.3 Å². The monoisotopic (exact) mass is 431 g/mol. The number of ether oxygens (including phenoxy) is 1. The van der Waals surface area contributed by atoms with Crippen molar-refractivity contribution in [3.05, 3.63) is 29.8 Å². The van der Waals surface area contributed by atoms with Gasteiger partial charge >= 0.3 is 5.97 Å². The molecule has 0 aliphatic carbocycles. The molecule has 0 bridgehead atoms. The zero-order chi connectivity index (χ0) is 22.7. The molecule has 0 aliphatic rings. The van der Waals surface area contributed by atoms with Crippen molar-refractivity contribution in [2.75, 3.05) is 11.4 Å². The first kappa shape index (κ1) is 27.2. The number of esters is 1. The fourth-order valence-corrected chi connectivity index (χ4v) is 3.89. The van der Waals surface area contributed by atoms with Crippen molar-refractivity contribution in [3.63, 3.8) is 0 Å². The molecule has 0 heterocycles. The number of hydrogen-bond donors (Lipinski definition) is 0. The summed E-state index contributed by atoms with van der Waals surface area (Å²) < 4.78 is 5.01. The molecule has 0 fully saturated rings. The highest BCUT2D eigenvalue weighted by molar-refractivity contribution is 5.91. The van der Waals surface area contributed by atoms with Crippen LogP contribution in [0.1, 0.15) is 116 Å². The zero-order valence-electron chi connectivity index (χ0n) is 20.3. The quantitative estimate of drug-likeness (QED) is 0.178. The van der Waals surface area contributed by atoms with E-state index in [1.165, 1.54) is 90.4 Å². The molecule has 4 heteroatoms. The predicted octanol–water partition coefficient (Wildman–Crippen LogP) is 7.58. The summed E-state index contributed by atoms with van der Waals surface area (Å²) in [4.78, 5) is 24.8. The summed E-state index contributed by atoms with van der Waals surface area (Å²) in [5.41, 5.74) is 1.84. The van der Waals surface area contributed by atoms with Crippen LogP contribution < -0.4 is 4.90 Å². The Morgan fingerprint density at radius 2 is 1.16 bits per heavy atom. The van der Waals surface area contributed by atoms with E-state index in [1.807, 2.05) is 29.2 Å². The van der Waals surface area contributed by atoms with Crippen LogP contribution in [-0.4, -0.2) is 18.4 Å². The van der Waals surface area contributed by atoms with Gasteiger partial charge in [0.05, 0.1) is 0 Å². The van der Waals surface area contributed by atoms with Gasteiger partial charge in [-0.25, -0.2) is 0 Å². The number of unbranched alkanes of at least 4 members (excludes halogenated alkanes) is 13. The average molecular weight is 432 g/mol. The molecule has 31 heavy (non-hydrogen) atoms. The summed E-state index contributed by atoms with van der Waals surface area (Å²) in [6.07, 6.45) is 18.7. The molecule has 0 saturated carbocycles. The minimum Gasteiger partial charge on any atom is -0.461 e. The van der Waals surface area contributed by atoms with Crippen molar-refractivity contribution >= 4 is 17.6 Å². The second-order valence-electron chi connectivity index (χ2n) is 8.71. The van der Waals surface area contributed by atoms with Crippen LogP contribution in [0.3, 0.4) is 0 Å². The van der Waals surface area contributed by atoms with Gasteiger partial charge in [0.15, 0.2) is 0 Å². The SMILES string of the molecule is CCCCCCCCCCCCCCCCN(C(C)=O)c1ccc(COC(C)=O)cc1. The van der Waals surface area contributed by atoms with E-state index in [1.54, 1.807) is 6.92 Å². The number of anilines is 1. The summed E-state index contributed by atoms with van der Waals surface area (Å²) in [6.45, 7) is 6.33. The van der Waals surface area contributed by atoms with Crippen LogP contribution >= 0.6 is 0 Å². The van der Waals surface area contributed by atoms with Gasteiger partial charge in [-0.15, -0.1) is 0 Å². The number of carbonyl (C=O) groups excluding carboxylic acids is 2. The molecule has 0 radical (unpaired) electrons. The first-order chi connectivity index (χ1) is 15.0. The van der Waals surface area contributed by atoms with E-state index < -0.39 is 0 Å². The number of hydrogen-bond acceptors (Lipinski definition) is 3. The fourth-order valence-electron chi connectivity index (χ4n) is 3.89. The van der Waals surface area contributed by atoms with Crippen LogP contribution in [-0.2, 0) is 20.9 Å². The van der Waals surface area contributed by atoms with Crippen molar-refractivity contribution in [3.8, 4) is 0 Å². The third kappa shape index (κ3) is 14.0. The molecule has 0 atom stereocenters. The van der Waals surface area contributed by atoms with Gasteiger partial charge in [0, 0.05) is 26.1 Å². The summed E-state index contributed by atoms with van der Waals surface area (Å²) in [5.74, 6) is -0.213. The Hall–Kier alpha value is -1.84. The lowest BCUT2D eigenvalue weighted by Gasteiger charge is -2.21. The summed E-state index contributed by atoms with van der Waals surface area (Å²) in [6, 6.07) is 7.70. The Morgan fingerprint density at radius 1 is 0.710 bits per heavy atom. The van der Waals surface area contributed by atoms with E-state index in [9.17, 15) is 9.59 Å². The van der Waals surface area contributed by atoms with E-state index in [2.05, 4.69) is 6.92 Å². The molecule has 0 N–H and O–H groups in total. The maximum Gasteiger partial charge on any atom is 0.302 e. The van der Waals surface area contributed by atoms with Crippen LogP contribution in [0.2, 0.25) is 0 Å². The van der Waals surface area contributed by atoms with Gasteiger partial charge in [-0.2, -0.15) is 0 Å². The van der Waals surface area contributed by atoms with E-state index in [0.717, 1.165) is 24.2 Å². The van der Waals surface area contributed by atoms with Gasteiger partial charge in [0.25, 0.3) is 0 Å². The number of rotatable bonds is 18. The molecule has 1 aromatic carbocycles.